The lowest BCUT2D eigenvalue weighted by Gasteiger charge is -2.08. The fourth-order valence-electron chi connectivity index (χ4n) is 0.708. The third-order valence-corrected chi connectivity index (χ3v) is 1.51. The molecule has 1 nitrogen and oxygen atoms in total. The summed E-state index contributed by atoms with van der Waals surface area (Å²) in [6.45, 7) is 0. The Balaban J connectivity index is 2.66. The Morgan fingerprint density at radius 2 is 2.00 bits per heavy atom. The van der Waals surface area contributed by atoms with Gasteiger partial charge in [-0.3, -0.25) is 4.98 Å². The van der Waals surface area contributed by atoms with Crippen molar-refractivity contribution in [3.8, 4) is 0 Å². The highest BCUT2D eigenvalue weighted by Crippen LogP contribution is 2.29. The summed E-state index contributed by atoms with van der Waals surface area (Å²) in [7, 11) is 0. The Hall–Kier alpha value is 0.0200. The lowest BCUT2D eigenvalue weighted by molar-refractivity contribution is 0.956. The van der Waals surface area contributed by atoms with Crippen LogP contribution >= 0.6 is 34.8 Å². The van der Waals surface area contributed by atoms with Crippen molar-refractivity contribution >= 4 is 34.8 Å². The van der Waals surface area contributed by atoms with Crippen LogP contribution in [0, 0.1) is 0 Å². The average molecular weight is 210 g/mol. The fourth-order valence-corrected chi connectivity index (χ4v) is 1.12. The Morgan fingerprint density at radius 1 is 1.27 bits per heavy atom. The third kappa shape index (κ3) is 3.80. The summed E-state index contributed by atoms with van der Waals surface area (Å²) in [6, 6.07) is 5.50. The maximum atomic E-state index is 5.56. The van der Waals surface area contributed by atoms with Crippen LogP contribution in [-0.4, -0.2) is 8.78 Å². The molecule has 0 atom stereocenters. The summed E-state index contributed by atoms with van der Waals surface area (Å²) >= 11 is 16.7. The highest BCUT2D eigenvalue weighted by atomic mass is 35.6. The number of hydrogen-bond acceptors (Lipinski definition) is 1. The van der Waals surface area contributed by atoms with E-state index in [1.165, 1.54) is 0 Å². The quantitative estimate of drug-likeness (QED) is 0.650. The summed E-state index contributed by atoms with van der Waals surface area (Å²) in [6.07, 6.45) is 2.02. The van der Waals surface area contributed by atoms with Crippen LogP contribution in [-0.2, 0) is 6.42 Å². The number of halogens is 3. The molecule has 0 saturated heterocycles. The summed E-state index contributed by atoms with van der Waals surface area (Å²) in [5, 5.41) is 0. The SMILES string of the molecule is ClC(Cl)(Cl)Cc1ccccn1. The molecule has 1 aromatic heterocycles. The van der Waals surface area contributed by atoms with Crippen LogP contribution in [0.15, 0.2) is 24.4 Å². The van der Waals surface area contributed by atoms with Gasteiger partial charge in [0.15, 0.2) is 3.79 Å². The molecule has 0 aromatic carbocycles. The van der Waals surface area contributed by atoms with Gasteiger partial charge in [-0.1, -0.05) is 40.9 Å². The molecule has 0 amide bonds. The summed E-state index contributed by atoms with van der Waals surface area (Å²) in [5.41, 5.74) is 0.785. The van der Waals surface area contributed by atoms with Crippen molar-refractivity contribution in [1.29, 1.82) is 0 Å². The van der Waals surface area contributed by atoms with E-state index in [2.05, 4.69) is 4.98 Å². The molecule has 0 bridgehead atoms. The standard InChI is InChI=1S/C7H6Cl3N/c8-7(9,10)5-6-3-1-2-4-11-6/h1-4H,5H2. The maximum Gasteiger partial charge on any atom is 0.196 e. The minimum absolute atomic E-state index is 0.346. The summed E-state index contributed by atoms with van der Waals surface area (Å²) < 4.78 is -1.24. The monoisotopic (exact) mass is 209 g/mol. The molecule has 0 N–H and O–H groups in total. The van der Waals surface area contributed by atoms with Gasteiger partial charge < -0.3 is 0 Å². The van der Waals surface area contributed by atoms with E-state index in [1.54, 1.807) is 6.20 Å². The van der Waals surface area contributed by atoms with E-state index < -0.39 is 3.79 Å². The molecular weight excluding hydrogens is 204 g/mol. The molecule has 1 aromatic rings. The van der Waals surface area contributed by atoms with E-state index in [0.29, 0.717) is 6.42 Å². The number of nitrogens with zero attached hydrogens (tertiary/aromatic N) is 1. The van der Waals surface area contributed by atoms with E-state index in [4.69, 9.17) is 34.8 Å². The van der Waals surface area contributed by atoms with E-state index in [0.717, 1.165) is 5.69 Å². The molecule has 0 fully saturated rings. The third-order valence-electron chi connectivity index (χ3n) is 1.11. The van der Waals surface area contributed by atoms with Crippen molar-refractivity contribution in [3.05, 3.63) is 30.1 Å². The largest absolute Gasteiger partial charge is 0.261 e. The Kier molecular flexibility index (Phi) is 2.99. The predicted molar refractivity (Wildman–Crippen MR) is 48.2 cm³/mol. The first-order chi connectivity index (χ1) is 5.08. The van der Waals surface area contributed by atoms with Gasteiger partial charge in [-0.05, 0) is 12.1 Å². The molecule has 1 heterocycles. The Morgan fingerprint density at radius 3 is 2.45 bits per heavy atom. The zero-order valence-electron chi connectivity index (χ0n) is 5.60. The normalized spacial score (nSPS) is 11.5. The molecule has 0 aliphatic rings. The van der Waals surface area contributed by atoms with Gasteiger partial charge in [-0.25, -0.2) is 0 Å². The number of pyridine rings is 1. The van der Waals surface area contributed by atoms with Crippen molar-refractivity contribution in [2.24, 2.45) is 0 Å². The van der Waals surface area contributed by atoms with Gasteiger partial charge in [0.2, 0.25) is 0 Å². The van der Waals surface area contributed by atoms with Gasteiger partial charge in [0, 0.05) is 18.3 Å². The molecule has 11 heavy (non-hydrogen) atoms. The molecule has 0 spiro atoms. The maximum absolute atomic E-state index is 5.56. The molecule has 0 radical (unpaired) electrons. The van der Waals surface area contributed by atoms with Crippen LogP contribution in [0.1, 0.15) is 5.69 Å². The van der Waals surface area contributed by atoms with Gasteiger partial charge in [-0.2, -0.15) is 0 Å². The van der Waals surface area contributed by atoms with Crippen molar-refractivity contribution in [2.75, 3.05) is 0 Å². The van der Waals surface area contributed by atoms with E-state index in [-0.39, 0.29) is 0 Å². The number of hydrogen-bond donors (Lipinski definition) is 0. The zero-order chi connectivity index (χ0) is 8.32. The van der Waals surface area contributed by atoms with Crippen LogP contribution in [0.25, 0.3) is 0 Å². The van der Waals surface area contributed by atoms with Gasteiger partial charge >= 0.3 is 0 Å². The van der Waals surface area contributed by atoms with Crippen molar-refractivity contribution in [3.63, 3.8) is 0 Å². The van der Waals surface area contributed by atoms with Crippen LogP contribution in [0.4, 0.5) is 0 Å². The van der Waals surface area contributed by atoms with Gasteiger partial charge in [0.1, 0.15) is 0 Å². The second-order valence-electron chi connectivity index (χ2n) is 2.11. The second-order valence-corrected chi connectivity index (χ2v) is 4.63. The lowest BCUT2D eigenvalue weighted by atomic mass is 10.3. The van der Waals surface area contributed by atoms with Crippen LogP contribution < -0.4 is 0 Å². The van der Waals surface area contributed by atoms with Crippen LogP contribution in [0.3, 0.4) is 0 Å². The fraction of sp³-hybridized carbons (Fsp3) is 0.286. The molecule has 4 heteroatoms. The highest BCUT2D eigenvalue weighted by Gasteiger charge is 2.20. The van der Waals surface area contributed by atoms with Crippen LogP contribution in [0.2, 0.25) is 0 Å². The molecule has 1 rings (SSSR count). The minimum Gasteiger partial charge on any atom is -0.261 e. The average Bonchev–Trinajstić information content (AvgIpc) is 1.85. The molecule has 60 valence electrons. The molecule has 0 unspecified atom stereocenters. The predicted octanol–water partition coefficient (Wildman–Crippen LogP) is 2.99. The first kappa shape index (κ1) is 9.11. The summed E-state index contributed by atoms with van der Waals surface area (Å²) in [4.78, 5) is 4.01. The smallest absolute Gasteiger partial charge is 0.196 e. The lowest BCUT2D eigenvalue weighted by Crippen LogP contribution is -2.07. The van der Waals surface area contributed by atoms with Gasteiger partial charge in [-0.15, -0.1) is 0 Å². The Labute approximate surface area is 80.3 Å². The highest BCUT2D eigenvalue weighted by molar-refractivity contribution is 6.67. The zero-order valence-corrected chi connectivity index (χ0v) is 7.87. The van der Waals surface area contributed by atoms with Crippen LogP contribution in [0.5, 0.6) is 0 Å². The Bertz CT molecular complexity index is 217. The van der Waals surface area contributed by atoms with E-state index in [9.17, 15) is 0 Å². The number of rotatable bonds is 1. The topological polar surface area (TPSA) is 12.9 Å². The van der Waals surface area contributed by atoms with Crippen molar-refractivity contribution in [1.82, 2.24) is 4.98 Å². The van der Waals surface area contributed by atoms with Crippen molar-refractivity contribution < 1.29 is 0 Å². The molecular formula is C7H6Cl3N. The van der Waals surface area contributed by atoms with Gasteiger partial charge in [0.25, 0.3) is 0 Å². The molecule has 0 saturated carbocycles. The first-order valence-corrected chi connectivity index (χ1v) is 4.18. The molecule has 0 aliphatic heterocycles. The molecule has 0 aliphatic carbocycles. The second kappa shape index (κ2) is 3.61. The van der Waals surface area contributed by atoms with Gasteiger partial charge in [0.05, 0.1) is 0 Å². The van der Waals surface area contributed by atoms with Crippen molar-refractivity contribution in [2.45, 2.75) is 10.2 Å². The minimum atomic E-state index is -1.24. The van der Waals surface area contributed by atoms with E-state index >= 15 is 0 Å². The summed E-state index contributed by atoms with van der Waals surface area (Å²) in [5.74, 6) is 0. The van der Waals surface area contributed by atoms with E-state index in [1.807, 2.05) is 18.2 Å². The number of alkyl halides is 3. The number of aromatic nitrogens is 1. The first-order valence-electron chi connectivity index (χ1n) is 3.04.